The SMILES string of the molecule is CCCCOC(=O)C(C(=O)c1c(C(F)(F)F)cccc1C(F)(F)F)c1ccccc1.O=[PH3]. The number of halogens is 6. The van der Waals surface area contributed by atoms with Crippen LogP contribution in [-0.4, -0.2) is 18.4 Å². The first-order valence-corrected chi connectivity index (χ1v) is 9.88. The summed E-state index contributed by atoms with van der Waals surface area (Å²) in [5.41, 5.74) is -5.18. The van der Waals surface area contributed by atoms with E-state index in [0.29, 0.717) is 40.2 Å². The third-order valence-electron chi connectivity index (χ3n) is 4.29. The molecule has 0 heterocycles. The zero-order valence-corrected chi connectivity index (χ0v) is 18.3. The Morgan fingerprint density at radius 2 is 1.38 bits per heavy atom. The third-order valence-corrected chi connectivity index (χ3v) is 4.29. The second-order valence-corrected chi connectivity index (χ2v) is 6.45. The maximum atomic E-state index is 13.5. The molecule has 0 fully saturated rings. The first kappa shape index (κ1) is 27.4. The zero-order valence-electron chi connectivity index (χ0n) is 16.9. The standard InChI is InChI=1S/C21H18F6O3.H3OP/c1-2-3-12-30-19(29)16(13-8-5-4-6-9-13)18(28)17-14(20(22,23)24)10-7-11-15(17)21(25,26)27;1-2/h4-11,16H,2-3,12H2,1H3;2H3. The van der Waals surface area contributed by atoms with Gasteiger partial charge in [0.25, 0.3) is 0 Å². The van der Waals surface area contributed by atoms with Crippen LogP contribution in [0.25, 0.3) is 0 Å². The fourth-order valence-corrected chi connectivity index (χ4v) is 2.87. The molecule has 0 N–H and O–H groups in total. The van der Waals surface area contributed by atoms with Crippen LogP contribution in [0.2, 0.25) is 0 Å². The number of benzene rings is 2. The predicted octanol–water partition coefficient (Wildman–Crippen LogP) is 5.97. The lowest BCUT2D eigenvalue weighted by Crippen LogP contribution is -2.29. The Hall–Kier alpha value is -2.61. The van der Waals surface area contributed by atoms with Gasteiger partial charge in [0.2, 0.25) is 0 Å². The topological polar surface area (TPSA) is 60.4 Å². The zero-order chi connectivity index (χ0) is 24.5. The molecular weight excluding hydrogens is 461 g/mol. The van der Waals surface area contributed by atoms with Crippen LogP contribution in [0.1, 0.15) is 52.7 Å². The van der Waals surface area contributed by atoms with Crippen molar-refractivity contribution in [3.63, 3.8) is 0 Å². The van der Waals surface area contributed by atoms with Crippen LogP contribution in [0.3, 0.4) is 0 Å². The number of Topliss-reactive ketones (excluding diaryl/α,β-unsaturated/α-hetero) is 1. The highest BCUT2D eigenvalue weighted by molar-refractivity contribution is 7.00. The molecule has 0 aliphatic rings. The van der Waals surface area contributed by atoms with Crippen molar-refractivity contribution in [3.05, 3.63) is 70.8 Å². The van der Waals surface area contributed by atoms with Crippen LogP contribution in [0.4, 0.5) is 26.3 Å². The smallest absolute Gasteiger partial charge is 0.417 e. The first-order chi connectivity index (χ1) is 15.0. The van der Waals surface area contributed by atoms with E-state index >= 15 is 0 Å². The van der Waals surface area contributed by atoms with Crippen molar-refractivity contribution in [1.82, 2.24) is 0 Å². The molecule has 0 aromatic heterocycles. The van der Waals surface area contributed by atoms with E-state index in [-0.39, 0.29) is 12.2 Å². The fraction of sp³-hybridized carbons (Fsp3) is 0.333. The average molecular weight is 482 g/mol. The van der Waals surface area contributed by atoms with E-state index in [9.17, 15) is 35.9 Å². The lowest BCUT2D eigenvalue weighted by Gasteiger charge is -2.21. The number of unbranched alkanes of at least 4 members (excludes halogenated alkanes) is 1. The lowest BCUT2D eigenvalue weighted by atomic mass is 9.85. The van der Waals surface area contributed by atoms with Crippen molar-refractivity contribution in [2.24, 2.45) is 0 Å². The Morgan fingerprint density at radius 3 is 1.81 bits per heavy atom. The van der Waals surface area contributed by atoms with Crippen LogP contribution in [-0.2, 0) is 26.4 Å². The molecule has 0 saturated heterocycles. The Labute approximate surface area is 182 Å². The molecule has 0 saturated carbocycles. The van der Waals surface area contributed by atoms with Crippen LogP contribution in [0, 0.1) is 0 Å². The van der Waals surface area contributed by atoms with E-state index in [1.807, 2.05) is 0 Å². The molecule has 32 heavy (non-hydrogen) atoms. The van der Waals surface area contributed by atoms with E-state index in [2.05, 4.69) is 0 Å². The Bertz CT molecular complexity index is 880. The minimum Gasteiger partial charge on any atom is -0.465 e. The summed E-state index contributed by atoms with van der Waals surface area (Å²) < 4.78 is 94.0. The van der Waals surface area contributed by atoms with Gasteiger partial charge in [-0.05, 0) is 24.1 Å². The second-order valence-electron chi connectivity index (χ2n) is 6.45. The Balaban J connectivity index is 0.00000249. The molecule has 0 radical (unpaired) electrons. The van der Waals surface area contributed by atoms with Crippen LogP contribution in [0.5, 0.6) is 0 Å². The van der Waals surface area contributed by atoms with E-state index in [1.165, 1.54) is 30.3 Å². The van der Waals surface area contributed by atoms with Gasteiger partial charge in [0.05, 0.1) is 26.9 Å². The molecule has 0 aliphatic heterocycles. The molecule has 0 amide bonds. The second kappa shape index (κ2) is 11.9. The van der Waals surface area contributed by atoms with Gasteiger partial charge in [-0.25, -0.2) is 0 Å². The number of esters is 1. The van der Waals surface area contributed by atoms with Gasteiger partial charge in [-0.15, -0.1) is 0 Å². The third kappa shape index (κ3) is 6.95. The van der Waals surface area contributed by atoms with E-state index < -0.39 is 46.7 Å². The van der Waals surface area contributed by atoms with Crippen molar-refractivity contribution < 1.29 is 45.2 Å². The van der Waals surface area contributed by atoms with Gasteiger partial charge < -0.3 is 9.30 Å². The van der Waals surface area contributed by atoms with Gasteiger partial charge in [-0.2, -0.15) is 26.3 Å². The maximum Gasteiger partial charge on any atom is 0.417 e. The molecule has 0 spiro atoms. The molecule has 2 atom stereocenters. The molecule has 0 bridgehead atoms. The largest absolute Gasteiger partial charge is 0.465 e. The number of ether oxygens (including phenoxy) is 1. The summed E-state index contributed by atoms with van der Waals surface area (Å²) in [7, 11) is 0.611. The van der Waals surface area contributed by atoms with Crippen LogP contribution >= 0.6 is 9.12 Å². The minimum atomic E-state index is -5.24. The van der Waals surface area contributed by atoms with Crippen molar-refractivity contribution in [3.8, 4) is 0 Å². The van der Waals surface area contributed by atoms with Crippen LogP contribution in [0.15, 0.2) is 48.5 Å². The highest BCUT2D eigenvalue weighted by Gasteiger charge is 2.45. The van der Waals surface area contributed by atoms with E-state index in [4.69, 9.17) is 9.30 Å². The van der Waals surface area contributed by atoms with Gasteiger partial charge in [-0.3, -0.25) is 9.59 Å². The monoisotopic (exact) mass is 482 g/mol. The minimum absolute atomic E-state index is 0.0610. The number of ketones is 1. The summed E-state index contributed by atoms with van der Waals surface area (Å²) in [4.78, 5) is 25.6. The van der Waals surface area contributed by atoms with E-state index in [0.717, 1.165) is 0 Å². The normalized spacial score (nSPS) is 12.5. The molecule has 11 heteroatoms. The van der Waals surface area contributed by atoms with Crippen molar-refractivity contribution in [1.29, 1.82) is 0 Å². The Morgan fingerprint density at radius 1 is 0.875 bits per heavy atom. The van der Waals surface area contributed by atoms with Gasteiger partial charge in [-0.1, -0.05) is 49.7 Å². The van der Waals surface area contributed by atoms with Crippen molar-refractivity contribution in [2.75, 3.05) is 6.61 Å². The molecular formula is C21H21F6O4P. The van der Waals surface area contributed by atoms with Gasteiger partial charge >= 0.3 is 18.3 Å². The summed E-state index contributed by atoms with van der Waals surface area (Å²) in [5.74, 6) is -4.79. The number of carbonyl (C=O) groups excluding carboxylic acids is 2. The lowest BCUT2D eigenvalue weighted by molar-refractivity contribution is -0.146. The highest BCUT2D eigenvalue weighted by Crippen LogP contribution is 2.41. The highest BCUT2D eigenvalue weighted by atomic mass is 31.0. The van der Waals surface area contributed by atoms with Crippen LogP contribution < -0.4 is 0 Å². The number of rotatable bonds is 7. The number of alkyl halides is 6. The number of hydrogen-bond acceptors (Lipinski definition) is 4. The van der Waals surface area contributed by atoms with E-state index in [1.54, 1.807) is 6.92 Å². The summed E-state index contributed by atoms with van der Waals surface area (Å²) >= 11 is 0. The molecule has 2 aromatic carbocycles. The summed E-state index contributed by atoms with van der Waals surface area (Å²) in [6.45, 7) is 1.68. The fourth-order valence-electron chi connectivity index (χ4n) is 2.87. The average Bonchev–Trinajstić information content (AvgIpc) is 2.74. The van der Waals surface area contributed by atoms with Gasteiger partial charge in [0.1, 0.15) is 5.92 Å². The molecule has 2 rings (SSSR count). The van der Waals surface area contributed by atoms with Crippen molar-refractivity contribution >= 4 is 20.9 Å². The maximum absolute atomic E-state index is 13.5. The van der Waals surface area contributed by atoms with Crippen molar-refractivity contribution in [2.45, 2.75) is 38.0 Å². The number of carbonyl (C=O) groups is 2. The predicted molar refractivity (Wildman–Crippen MR) is 108 cm³/mol. The molecule has 2 aromatic rings. The number of hydrogen-bond donors (Lipinski definition) is 0. The van der Waals surface area contributed by atoms with Gasteiger partial charge in [0.15, 0.2) is 5.78 Å². The summed E-state index contributed by atoms with van der Waals surface area (Å²) in [6.07, 6.45) is -9.42. The quantitative estimate of drug-likeness (QED) is 0.122. The molecule has 0 aliphatic carbocycles. The summed E-state index contributed by atoms with van der Waals surface area (Å²) in [6, 6.07) is 8.22. The molecule has 176 valence electrons. The van der Waals surface area contributed by atoms with Gasteiger partial charge in [0, 0.05) is 5.56 Å². The Kier molecular flexibility index (Phi) is 10.2. The molecule has 4 nitrogen and oxygen atoms in total. The first-order valence-electron chi connectivity index (χ1n) is 9.30. The summed E-state index contributed by atoms with van der Waals surface area (Å²) in [5, 5.41) is 0. The molecule has 2 unspecified atom stereocenters.